The highest BCUT2D eigenvalue weighted by molar-refractivity contribution is 9.15. The van der Waals surface area contributed by atoms with Crippen LogP contribution in [0, 0.1) is 13.8 Å². The third-order valence-corrected chi connectivity index (χ3v) is 2.11. The van der Waals surface area contributed by atoms with Gasteiger partial charge in [0.2, 0.25) is 0 Å². The molecule has 0 fully saturated rings. The average Bonchev–Trinajstić information content (AvgIpc) is 1.94. The molecule has 0 aliphatic heterocycles. The van der Waals surface area contributed by atoms with Crippen LogP contribution in [-0.4, -0.2) is 0 Å². The summed E-state index contributed by atoms with van der Waals surface area (Å²) < 4.78 is 0.957. The fourth-order valence-corrected chi connectivity index (χ4v) is 1.46. The third-order valence-electron chi connectivity index (χ3n) is 1.69. The first-order chi connectivity index (χ1) is 5.11. The van der Waals surface area contributed by atoms with Gasteiger partial charge in [-0.05, 0) is 25.0 Å². The van der Waals surface area contributed by atoms with Gasteiger partial charge in [0.25, 0.3) is 0 Å². The second kappa shape index (κ2) is 3.22. The predicted molar refractivity (Wildman–Crippen MR) is 53.9 cm³/mol. The van der Waals surface area contributed by atoms with Crippen molar-refractivity contribution < 1.29 is 0 Å². The van der Waals surface area contributed by atoms with E-state index in [2.05, 4.69) is 54.6 Å². The molecular weight excluding hydrogens is 200 g/mol. The Labute approximate surface area is 76.1 Å². The number of halogens is 1. The van der Waals surface area contributed by atoms with Gasteiger partial charge in [-0.25, -0.2) is 0 Å². The molecule has 1 aromatic carbocycles. The molecule has 58 valence electrons. The van der Waals surface area contributed by atoms with Gasteiger partial charge in [0.05, 0.1) is 0 Å². The number of hydrogen-bond acceptors (Lipinski definition) is 0. The summed E-state index contributed by atoms with van der Waals surface area (Å²) in [7, 11) is 0. The molecule has 0 amide bonds. The smallest absolute Gasteiger partial charge is 0.0178 e. The van der Waals surface area contributed by atoms with Gasteiger partial charge in [-0.2, -0.15) is 0 Å². The summed E-state index contributed by atoms with van der Waals surface area (Å²) in [6.45, 7) is 8.01. The lowest BCUT2D eigenvalue weighted by Crippen LogP contribution is -1.83. The Morgan fingerprint density at radius 3 is 2.45 bits per heavy atom. The topological polar surface area (TPSA) is 0 Å². The Hall–Kier alpha value is -0.560. The van der Waals surface area contributed by atoms with E-state index in [1.807, 2.05) is 0 Å². The molecule has 0 aliphatic rings. The van der Waals surface area contributed by atoms with Gasteiger partial charge < -0.3 is 0 Å². The van der Waals surface area contributed by atoms with Crippen LogP contribution in [0.5, 0.6) is 0 Å². The summed E-state index contributed by atoms with van der Waals surface area (Å²) in [6.07, 6.45) is 0. The molecule has 1 rings (SSSR count). The number of hydrogen-bond donors (Lipinski definition) is 0. The van der Waals surface area contributed by atoms with Gasteiger partial charge in [0.1, 0.15) is 0 Å². The maximum atomic E-state index is 3.84. The van der Waals surface area contributed by atoms with E-state index in [1.54, 1.807) is 0 Å². The highest BCUT2D eigenvalue weighted by Crippen LogP contribution is 2.23. The quantitative estimate of drug-likeness (QED) is 0.664. The summed E-state index contributed by atoms with van der Waals surface area (Å²) in [5, 5.41) is 0. The zero-order valence-electron chi connectivity index (χ0n) is 6.82. The first kappa shape index (κ1) is 8.54. The molecule has 0 atom stereocenters. The number of aryl methyl sites for hydroxylation is 2. The van der Waals surface area contributed by atoms with Crippen molar-refractivity contribution in [2.24, 2.45) is 0 Å². The summed E-state index contributed by atoms with van der Waals surface area (Å²) in [6, 6.07) is 6.35. The molecule has 0 saturated heterocycles. The molecule has 11 heavy (non-hydrogen) atoms. The molecule has 0 aliphatic carbocycles. The van der Waals surface area contributed by atoms with Crippen LogP contribution in [-0.2, 0) is 0 Å². The maximum Gasteiger partial charge on any atom is 0.0178 e. The first-order valence-corrected chi connectivity index (χ1v) is 4.32. The zero-order chi connectivity index (χ0) is 8.43. The lowest BCUT2D eigenvalue weighted by atomic mass is 10.1. The molecule has 0 aromatic heterocycles. The van der Waals surface area contributed by atoms with Crippen LogP contribution < -0.4 is 0 Å². The Bertz CT molecular complexity index is 287. The van der Waals surface area contributed by atoms with Gasteiger partial charge in [0.15, 0.2) is 0 Å². The van der Waals surface area contributed by atoms with Crippen molar-refractivity contribution in [1.82, 2.24) is 0 Å². The molecule has 0 N–H and O–H groups in total. The molecule has 0 heterocycles. The van der Waals surface area contributed by atoms with Crippen LogP contribution in [0.4, 0.5) is 0 Å². The first-order valence-electron chi connectivity index (χ1n) is 3.53. The lowest BCUT2D eigenvalue weighted by molar-refractivity contribution is 1.38. The minimum absolute atomic E-state index is 0.957. The van der Waals surface area contributed by atoms with Gasteiger partial charge in [-0.1, -0.05) is 46.3 Å². The van der Waals surface area contributed by atoms with E-state index < -0.39 is 0 Å². The zero-order valence-corrected chi connectivity index (χ0v) is 8.40. The standard InChI is InChI=1S/C10H11Br/c1-7-4-5-8(2)10(6-7)9(3)11/h4-6H,3H2,1-2H3. The van der Waals surface area contributed by atoms with Crippen molar-refractivity contribution in [1.29, 1.82) is 0 Å². The monoisotopic (exact) mass is 210 g/mol. The van der Waals surface area contributed by atoms with E-state index in [1.165, 1.54) is 16.7 Å². The highest BCUT2D eigenvalue weighted by Gasteiger charge is 1.98. The molecule has 0 saturated carbocycles. The lowest BCUT2D eigenvalue weighted by Gasteiger charge is -2.03. The minimum Gasteiger partial charge on any atom is -0.0841 e. The Morgan fingerprint density at radius 2 is 2.00 bits per heavy atom. The average molecular weight is 211 g/mol. The van der Waals surface area contributed by atoms with E-state index in [0.717, 1.165) is 4.48 Å². The summed E-state index contributed by atoms with van der Waals surface area (Å²) in [5.41, 5.74) is 3.73. The highest BCUT2D eigenvalue weighted by atomic mass is 79.9. The van der Waals surface area contributed by atoms with Crippen molar-refractivity contribution in [3.05, 3.63) is 41.5 Å². The van der Waals surface area contributed by atoms with Crippen molar-refractivity contribution in [2.45, 2.75) is 13.8 Å². The van der Waals surface area contributed by atoms with E-state index in [4.69, 9.17) is 0 Å². The van der Waals surface area contributed by atoms with Gasteiger partial charge in [-0.15, -0.1) is 0 Å². The summed E-state index contributed by atoms with van der Waals surface area (Å²) >= 11 is 3.37. The fraction of sp³-hybridized carbons (Fsp3) is 0.200. The Morgan fingerprint density at radius 1 is 1.36 bits per heavy atom. The van der Waals surface area contributed by atoms with E-state index in [-0.39, 0.29) is 0 Å². The van der Waals surface area contributed by atoms with Crippen LogP contribution in [0.25, 0.3) is 4.48 Å². The van der Waals surface area contributed by atoms with Crippen LogP contribution in [0.3, 0.4) is 0 Å². The van der Waals surface area contributed by atoms with Crippen molar-refractivity contribution in [3.63, 3.8) is 0 Å². The molecule has 1 heteroatoms. The van der Waals surface area contributed by atoms with Crippen molar-refractivity contribution >= 4 is 20.4 Å². The number of rotatable bonds is 1. The van der Waals surface area contributed by atoms with Crippen LogP contribution in [0.1, 0.15) is 16.7 Å². The molecule has 1 aromatic rings. The summed E-state index contributed by atoms with van der Waals surface area (Å²) in [4.78, 5) is 0. The van der Waals surface area contributed by atoms with E-state index in [9.17, 15) is 0 Å². The van der Waals surface area contributed by atoms with E-state index in [0.29, 0.717) is 0 Å². The van der Waals surface area contributed by atoms with Gasteiger partial charge >= 0.3 is 0 Å². The molecule has 0 unspecified atom stereocenters. The second-order valence-corrected chi connectivity index (χ2v) is 3.68. The van der Waals surface area contributed by atoms with Gasteiger partial charge in [0, 0.05) is 4.48 Å². The van der Waals surface area contributed by atoms with Crippen LogP contribution >= 0.6 is 15.9 Å². The fourth-order valence-electron chi connectivity index (χ4n) is 1.03. The molecule has 0 spiro atoms. The number of benzene rings is 1. The van der Waals surface area contributed by atoms with Crippen molar-refractivity contribution in [3.8, 4) is 0 Å². The largest absolute Gasteiger partial charge is 0.0841 e. The molecular formula is C10H11Br. The second-order valence-electron chi connectivity index (χ2n) is 2.72. The van der Waals surface area contributed by atoms with Gasteiger partial charge in [-0.3, -0.25) is 0 Å². The molecule has 0 radical (unpaired) electrons. The normalized spacial score (nSPS) is 9.73. The minimum atomic E-state index is 0.957. The molecule has 0 nitrogen and oxygen atoms in total. The predicted octanol–water partition coefficient (Wildman–Crippen LogP) is 3.67. The SMILES string of the molecule is C=C(Br)c1cc(C)ccc1C. The van der Waals surface area contributed by atoms with Crippen LogP contribution in [0.15, 0.2) is 24.8 Å². The Kier molecular flexibility index (Phi) is 2.50. The summed E-state index contributed by atoms with van der Waals surface area (Å²) in [5.74, 6) is 0. The third kappa shape index (κ3) is 1.93. The van der Waals surface area contributed by atoms with Crippen LogP contribution in [0.2, 0.25) is 0 Å². The molecule has 0 bridgehead atoms. The Balaban J connectivity index is 3.23. The van der Waals surface area contributed by atoms with E-state index >= 15 is 0 Å². The van der Waals surface area contributed by atoms with Crippen molar-refractivity contribution in [2.75, 3.05) is 0 Å². The maximum absolute atomic E-state index is 3.84.